The SMILES string of the molecule is C#CC(N)(N)C#[SiH]. The van der Waals surface area contributed by atoms with Crippen LogP contribution in [-0.2, 0) is 0 Å². The molecule has 2 nitrogen and oxygen atoms in total. The quantitative estimate of drug-likeness (QED) is 0.217. The Morgan fingerprint density at radius 1 is 1.57 bits per heavy atom. The third kappa shape index (κ3) is 2.21. The first-order valence-electron chi connectivity index (χ1n) is 1.65. The molecule has 36 valence electrons. The molecule has 0 rings (SSSR count). The maximum Gasteiger partial charge on any atom is 0.183 e. The molecule has 7 heavy (non-hydrogen) atoms. The van der Waals surface area contributed by atoms with Gasteiger partial charge in [-0.1, -0.05) is 11.4 Å². The van der Waals surface area contributed by atoms with Crippen LogP contribution in [0.15, 0.2) is 0 Å². The van der Waals surface area contributed by atoms with Gasteiger partial charge in [0.2, 0.25) is 0 Å². The zero-order valence-corrected chi connectivity index (χ0v) is 4.96. The van der Waals surface area contributed by atoms with Crippen LogP contribution in [-0.4, -0.2) is 15.3 Å². The van der Waals surface area contributed by atoms with Gasteiger partial charge in [0.1, 0.15) is 0 Å². The van der Waals surface area contributed by atoms with Crippen molar-refractivity contribution in [2.75, 3.05) is 0 Å². The molecular formula is C4H6N2Si. The van der Waals surface area contributed by atoms with E-state index in [0.717, 1.165) is 0 Å². The molecule has 0 saturated heterocycles. The largest absolute Gasteiger partial charge is 0.293 e. The van der Waals surface area contributed by atoms with E-state index in [1.165, 1.54) is 0 Å². The predicted molar refractivity (Wildman–Crippen MR) is 31.0 cm³/mol. The van der Waals surface area contributed by atoms with Crippen molar-refractivity contribution in [2.45, 2.75) is 5.66 Å². The van der Waals surface area contributed by atoms with Crippen molar-refractivity contribution in [2.24, 2.45) is 11.5 Å². The molecule has 0 aliphatic carbocycles. The third-order valence-corrected chi connectivity index (χ3v) is 0.955. The molecule has 0 heterocycles. The van der Waals surface area contributed by atoms with E-state index in [9.17, 15) is 0 Å². The second-order valence-electron chi connectivity index (χ2n) is 1.16. The lowest BCUT2D eigenvalue weighted by Crippen LogP contribution is -2.46. The highest BCUT2D eigenvalue weighted by Crippen LogP contribution is 1.77. The molecule has 3 heteroatoms. The number of nitrogens with two attached hydrogens (primary N) is 2. The van der Waals surface area contributed by atoms with Crippen LogP contribution in [0.3, 0.4) is 0 Å². The summed E-state index contributed by atoms with van der Waals surface area (Å²) in [6, 6.07) is 0. The van der Waals surface area contributed by atoms with Crippen molar-refractivity contribution >= 4 is 9.68 Å². The minimum Gasteiger partial charge on any atom is -0.293 e. The minimum atomic E-state index is -1.18. The Kier molecular flexibility index (Phi) is 1.82. The second kappa shape index (κ2) is 1.96. The van der Waals surface area contributed by atoms with Crippen molar-refractivity contribution in [3.05, 3.63) is 0 Å². The van der Waals surface area contributed by atoms with E-state index in [1.807, 2.05) is 0 Å². The average Bonchev–Trinajstić information content (AvgIpc) is 1.68. The normalized spacial score (nSPS) is 9.14. The van der Waals surface area contributed by atoms with Crippen molar-refractivity contribution in [3.63, 3.8) is 0 Å². The fourth-order valence-electron chi connectivity index (χ4n) is 0.0417. The zero-order valence-electron chi connectivity index (χ0n) is 3.81. The van der Waals surface area contributed by atoms with Gasteiger partial charge in [-0.05, 0) is 9.68 Å². The first kappa shape index (κ1) is 6.48. The zero-order chi connectivity index (χ0) is 5.91. The highest BCUT2D eigenvalue weighted by atomic mass is 28.1. The Morgan fingerprint density at radius 3 is 2.00 bits per heavy atom. The monoisotopic (exact) mass is 110 g/mol. The Hall–Kier alpha value is -0.523. The third-order valence-electron chi connectivity index (χ3n) is 0.478. The van der Waals surface area contributed by atoms with Crippen LogP contribution >= 0.6 is 0 Å². The molecule has 0 aromatic rings. The van der Waals surface area contributed by atoms with E-state index in [-0.39, 0.29) is 0 Å². The molecule has 4 N–H and O–H groups in total. The Balaban J connectivity index is 4.00. The lowest BCUT2D eigenvalue weighted by atomic mass is 10.3. The minimum absolute atomic E-state index is 1.18. The number of rotatable bonds is 0. The summed E-state index contributed by atoms with van der Waals surface area (Å²) in [5.41, 5.74) is 11.5. The molecular weight excluding hydrogens is 104 g/mol. The fraction of sp³-hybridized carbons (Fsp3) is 0.250. The van der Waals surface area contributed by atoms with Crippen LogP contribution in [0.25, 0.3) is 0 Å². The van der Waals surface area contributed by atoms with Crippen LogP contribution in [0.5, 0.6) is 0 Å². The molecule has 0 radical (unpaired) electrons. The van der Waals surface area contributed by atoms with Crippen molar-refractivity contribution < 1.29 is 0 Å². The highest BCUT2D eigenvalue weighted by molar-refractivity contribution is 5.96. The average molecular weight is 110 g/mol. The molecule has 0 aliphatic heterocycles. The first-order valence-corrected chi connectivity index (χ1v) is 2.23. The van der Waals surface area contributed by atoms with Gasteiger partial charge in [-0.3, -0.25) is 11.5 Å². The highest BCUT2D eigenvalue weighted by Gasteiger charge is 2.05. The lowest BCUT2D eigenvalue weighted by Gasteiger charge is -2.05. The van der Waals surface area contributed by atoms with E-state index < -0.39 is 5.66 Å². The van der Waals surface area contributed by atoms with Crippen LogP contribution in [0.1, 0.15) is 0 Å². The fourth-order valence-corrected chi connectivity index (χ4v) is 0.125. The van der Waals surface area contributed by atoms with Crippen LogP contribution < -0.4 is 11.5 Å². The summed E-state index contributed by atoms with van der Waals surface area (Å²) < 4.78 is 0. The molecule has 0 atom stereocenters. The molecule has 0 aliphatic rings. The van der Waals surface area contributed by atoms with Gasteiger partial charge in [0.05, 0.1) is 0 Å². The van der Waals surface area contributed by atoms with E-state index in [0.29, 0.717) is 0 Å². The molecule has 0 bridgehead atoms. The second-order valence-corrected chi connectivity index (χ2v) is 1.45. The van der Waals surface area contributed by atoms with Crippen LogP contribution in [0, 0.1) is 17.8 Å². The number of hydrogen-bond acceptors (Lipinski definition) is 2. The molecule has 0 fully saturated rings. The van der Waals surface area contributed by atoms with Gasteiger partial charge < -0.3 is 0 Å². The smallest absolute Gasteiger partial charge is 0.183 e. The van der Waals surface area contributed by atoms with Gasteiger partial charge in [-0.2, -0.15) is 0 Å². The number of terminal acetylenes is 1. The van der Waals surface area contributed by atoms with Gasteiger partial charge in [-0.15, -0.1) is 6.42 Å². The first-order chi connectivity index (χ1) is 3.12. The van der Waals surface area contributed by atoms with Gasteiger partial charge in [-0.25, -0.2) is 0 Å². The molecule has 0 spiro atoms. The summed E-state index contributed by atoms with van der Waals surface area (Å²) in [6.45, 7) is 0. The summed E-state index contributed by atoms with van der Waals surface area (Å²) in [4.78, 5) is 0. The van der Waals surface area contributed by atoms with Gasteiger partial charge >= 0.3 is 0 Å². The standard InChI is InChI=1S/C4H6N2Si/c1-2-4(5,6)3-7/h1,7H,5-6H2. The Labute approximate surface area is 45.6 Å². The van der Waals surface area contributed by atoms with Crippen molar-refractivity contribution in [1.82, 2.24) is 0 Å². The maximum atomic E-state index is 5.12. The van der Waals surface area contributed by atoms with E-state index in [1.54, 1.807) is 0 Å². The van der Waals surface area contributed by atoms with Crippen molar-refractivity contribution in [3.8, 4) is 17.8 Å². The van der Waals surface area contributed by atoms with Crippen LogP contribution in [0.2, 0.25) is 0 Å². The summed E-state index contributed by atoms with van der Waals surface area (Å²) >= 11 is 0. The molecule has 0 amide bonds. The Morgan fingerprint density at radius 2 is 2.00 bits per heavy atom. The Bertz CT molecular complexity index is 121. The summed E-state index contributed by atoms with van der Waals surface area (Å²) in [7, 11) is 2.13. The summed E-state index contributed by atoms with van der Waals surface area (Å²) in [5, 5.41) is 0. The predicted octanol–water partition coefficient (Wildman–Crippen LogP) is -1.91. The van der Waals surface area contributed by atoms with E-state index in [4.69, 9.17) is 17.9 Å². The van der Waals surface area contributed by atoms with E-state index in [2.05, 4.69) is 21.1 Å². The van der Waals surface area contributed by atoms with E-state index >= 15 is 0 Å². The van der Waals surface area contributed by atoms with Crippen molar-refractivity contribution in [1.29, 1.82) is 0 Å². The lowest BCUT2D eigenvalue weighted by molar-refractivity contribution is 0.753. The summed E-state index contributed by atoms with van der Waals surface area (Å²) in [6.07, 6.45) is 4.84. The molecule has 0 aromatic heterocycles. The van der Waals surface area contributed by atoms with Crippen LogP contribution in [0.4, 0.5) is 0 Å². The number of hydrogen-bond donors (Lipinski definition) is 2. The topological polar surface area (TPSA) is 52.0 Å². The summed E-state index contributed by atoms with van der Waals surface area (Å²) in [5.74, 6) is 2.11. The maximum absolute atomic E-state index is 5.12. The molecule has 0 unspecified atom stereocenters. The van der Waals surface area contributed by atoms with Gasteiger partial charge in [0.25, 0.3) is 0 Å². The van der Waals surface area contributed by atoms with Gasteiger partial charge in [0, 0.05) is 0 Å². The molecule has 0 saturated carbocycles. The molecule has 0 aromatic carbocycles. The van der Waals surface area contributed by atoms with Gasteiger partial charge in [0.15, 0.2) is 5.66 Å².